The number of amides is 1. The van der Waals surface area contributed by atoms with Gasteiger partial charge in [-0.25, -0.2) is 0 Å². The molecule has 0 bridgehead atoms. The number of primary amides is 1. The molecule has 1 atom stereocenters. The normalized spacial score (nSPS) is 26.4. The standard InChI is InChI=1S/C8H13N3O/c1-2-3-4-8(7(9)12)5-6-10-11-8/h5-6H,2-4H2,1H3,(H2,9,12). The minimum atomic E-state index is -0.837. The molecule has 0 aromatic rings. The third-order valence-corrected chi connectivity index (χ3v) is 1.99. The van der Waals surface area contributed by atoms with Crippen molar-refractivity contribution in [2.45, 2.75) is 31.7 Å². The van der Waals surface area contributed by atoms with E-state index < -0.39 is 11.4 Å². The van der Waals surface area contributed by atoms with E-state index in [0.717, 1.165) is 12.8 Å². The third kappa shape index (κ3) is 1.52. The van der Waals surface area contributed by atoms with Crippen LogP contribution in [0.1, 0.15) is 26.2 Å². The van der Waals surface area contributed by atoms with Crippen molar-refractivity contribution >= 4 is 5.91 Å². The number of carbonyl (C=O) groups is 1. The van der Waals surface area contributed by atoms with Gasteiger partial charge in [0.1, 0.15) is 0 Å². The van der Waals surface area contributed by atoms with Gasteiger partial charge in [0.15, 0.2) is 5.54 Å². The van der Waals surface area contributed by atoms with Crippen molar-refractivity contribution in [3.8, 4) is 0 Å². The fourth-order valence-corrected chi connectivity index (χ4v) is 1.16. The molecule has 1 aliphatic rings. The van der Waals surface area contributed by atoms with Crippen LogP contribution in [0.4, 0.5) is 0 Å². The molecule has 0 radical (unpaired) electrons. The van der Waals surface area contributed by atoms with Gasteiger partial charge in [0.2, 0.25) is 0 Å². The molecule has 0 aromatic heterocycles. The van der Waals surface area contributed by atoms with E-state index in [0.29, 0.717) is 6.42 Å². The van der Waals surface area contributed by atoms with Gasteiger partial charge in [-0.1, -0.05) is 19.8 Å². The highest BCUT2D eigenvalue weighted by Crippen LogP contribution is 2.25. The molecule has 2 N–H and O–H groups in total. The van der Waals surface area contributed by atoms with Crippen LogP contribution in [0, 0.1) is 0 Å². The van der Waals surface area contributed by atoms with Crippen molar-refractivity contribution in [2.24, 2.45) is 16.0 Å². The van der Waals surface area contributed by atoms with Crippen LogP contribution in [0.5, 0.6) is 0 Å². The molecule has 0 aromatic carbocycles. The number of nitrogens with two attached hydrogens (primary N) is 1. The number of rotatable bonds is 4. The molecular weight excluding hydrogens is 154 g/mol. The summed E-state index contributed by atoms with van der Waals surface area (Å²) < 4.78 is 0. The molecule has 0 spiro atoms. The lowest BCUT2D eigenvalue weighted by Crippen LogP contribution is -2.39. The zero-order valence-corrected chi connectivity index (χ0v) is 7.16. The molecular formula is C8H13N3O. The molecule has 0 saturated carbocycles. The zero-order valence-electron chi connectivity index (χ0n) is 7.16. The second-order valence-electron chi connectivity index (χ2n) is 2.92. The van der Waals surface area contributed by atoms with Crippen molar-refractivity contribution < 1.29 is 4.79 Å². The van der Waals surface area contributed by atoms with Crippen molar-refractivity contribution in [3.05, 3.63) is 12.3 Å². The van der Waals surface area contributed by atoms with Gasteiger partial charge in [-0.3, -0.25) is 4.79 Å². The molecule has 1 unspecified atom stereocenters. The summed E-state index contributed by atoms with van der Waals surface area (Å²) in [6.07, 6.45) is 5.83. The summed E-state index contributed by atoms with van der Waals surface area (Å²) in [5.74, 6) is -0.409. The summed E-state index contributed by atoms with van der Waals surface area (Å²) in [5.41, 5.74) is 4.39. The highest BCUT2D eigenvalue weighted by Gasteiger charge is 2.35. The van der Waals surface area contributed by atoms with Crippen LogP contribution in [0.3, 0.4) is 0 Å². The molecule has 0 aliphatic carbocycles. The van der Waals surface area contributed by atoms with Crippen LogP contribution in [0.2, 0.25) is 0 Å². The van der Waals surface area contributed by atoms with Crippen LogP contribution in [0.25, 0.3) is 0 Å². The summed E-state index contributed by atoms with van der Waals surface area (Å²) in [4.78, 5) is 11.0. The first-order valence-corrected chi connectivity index (χ1v) is 4.11. The predicted octanol–water partition coefficient (Wildman–Crippen LogP) is 1.38. The van der Waals surface area contributed by atoms with E-state index in [4.69, 9.17) is 5.73 Å². The second kappa shape index (κ2) is 3.47. The van der Waals surface area contributed by atoms with E-state index in [2.05, 4.69) is 17.2 Å². The quantitative estimate of drug-likeness (QED) is 0.675. The van der Waals surface area contributed by atoms with Crippen molar-refractivity contribution in [3.63, 3.8) is 0 Å². The van der Waals surface area contributed by atoms with Gasteiger partial charge in [0.25, 0.3) is 5.91 Å². The third-order valence-electron chi connectivity index (χ3n) is 1.99. The Balaban J connectivity index is 2.67. The molecule has 1 amide bonds. The van der Waals surface area contributed by atoms with Gasteiger partial charge in [-0.15, -0.1) is 0 Å². The summed E-state index contributed by atoms with van der Waals surface area (Å²) in [6.45, 7) is 2.06. The highest BCUT2D eigenvalue weighted by molar-refractivity contribution is 5.87. The second-order valence-corrected chi connectivity index (χ2v) is 2.92. The SMILES string of the molecule is CCCCC1(C(N)=O)C=CN=N1. The number of hydrogen-bond acceptors (Lipinski definition) is 3. The molecule has 4 heteroatoms. The lowest BCUT2D eigenvalue weighted by atomic mass is 9.93. The van der Waals surface area contributed by atoms with E-state index in [1.165, 1.54) is 6.20 Å². The van der Waals surface area contributed by atoms with Crippen LogP contribution in [-0.2, 0) is 4.79 Å². The predicted molar refractivity (Wildman–Crippen MR) is 45.4 cm³/mol. The lowest BCUT2D eigenvalue weighted by molar-refractivity contribution is -0.121. The minimum absolute atomic E-state index is 0.409. The lowest BCUT2D eigenvalue weighted by Gasteiger charge is -2.17. The Morgan fingerprint density at radius 1 is 1.67 bits per heavy atom. The molecule has 66 valence electrons. The van der Waals surface area contributed by atoms with Gasteiger partial charge in [0.05, 0.1) is 0 Å². The number of carbonyl (C=O) groups excluding carboxylic acids is 1. The monoisotopic (exact) mass is 167 g/mol. The zero-order chi connectivity index (χ0) is 9.03. The van der Waals surface area contributed by atoms with Gasteiger partial charge in [-0.2, -0.15) is 10.2 Å². The Bertz CT molecular complexity index is 220. The van der Waals surface area contributed by atoms with Crippen LogP contribution >= 0.6 is 0 Å². The maximum absolute atomic E-state index is 11.0. The average Bonchev–Trinajstić information content (AvgIpc) is 2.50. The van der Waals surface area contributed by atoms with Crippen LogP contribution in [0.15, 0.2) is 22.5 Å². The molecule has 0 fully saturated rings. The topological polar surface area (TPSA) is 67.8 Å². The van der Waals surface area contributed by atoms with Crippen LogP contribution in [-0.4, -0.2) is 11.4 Å². The number of hydrogen-bond donors (Lipinski definition) is 1. The summed E-state index contributed by atoms with van der Waals surface area (Å²) in [6, 6.07) is 0. The molecule has 0 saturated heterocycles. The minimum Gasteiger partial charge on any atom is -0.367 e. The fraction of sp³-hybridized carbons (Fsp3) is 0.625. The van der Waals surface area contributed by atoms with Gasteiger partial charge >= 0.3 is 0 Å². The first kappa shape index (κ1) is 8.90. The van der Waals surface area contributed by atoms with Gasteiger partial charge in [-0.05, 0) is 12.5 Å². The smallest absolute Gasteiger partial charge is 0.251 e. The number of nitrogens with zero attached hydrogens (tertiary/aromatic N) is 2. The largest absolute Gasteiger partial charge is 0.367 e. The Kier molecular flexibility index (Phi) is 2.58. The summed E-state index contributed by atoms with van der Waals surface area (Å²) >= 11 is 0. The molecule has 1 aliphatic heterocycles. The first-order valence-electron chi connectivity index (χ1n) is 4.11. The van der Waals surface area contributed by atoms with Crippen molar-refractivity contribution in [2.75, 3.05) is 0 Å². The molecule has 1 rings (SSSR count). The van der Waals surface area contributed by atoms with Crippen molar-refractivity contribution in [1.29, 1.82) is 0 Å². The Morgan fingerprint density at radius 2 is 2.42 bits per heavy atom. The fourth-order valence-electron chi connectivity index (χ4n) is 1.16. The summed E-state index contributed by atoms with van der Waals surface area (Å²) in [7, 11) is 0. The molecule has 4 nitrogen and oxygen atoms in total. The number of azo groups is 1. The van der Waals surface area contributed by atoms with E-state index in [1.807, 2.05) is 0 Å². The van der Waals surface area contributed by atoms with E-state index in [9.17, 15) is 4.79 Å². The first-order chi connectivity index (χ1) is 5.71. The average molecular weight is 167 g/mol. The Labute approximate surface area is 71.5 Å². The maximum Gasteiger partial charge on any atom is 0.251 e. The van der Waals surface area contributed by atoms with E-state index in [-0.39, 0.29) is 0 Å². The number of unbranched alkanes of at least 4 members (excludes halogenated alkanes) is 1. The maximum atomic E-state index is 11.0. The van der Waals surface area contributed by atoms with E-state index >= 15 is 0 Å². The molecule has 12 heavy (non-hydrogen) atoms. The summed E-state index contributed by atoms with van der Waals surface area (Å²) in [5, 5.41) is 7.50. The van der Waals surface area contributed by atoms with Crippen LogP contribution < -0.4 is 5.73 Å². The Morgan fingerprint density at radius 3 is 2.83 bits per heavy atom. The Hall–Kier alpha value is -1.19. The highest BCUT2D eigenvalue weighted by atomic mass is 16.1. The van der Waals surface area contributed by atoms with E-state index in [1.54, 1.807) is 6.08 Å². The van der Waals surface area contributed by atoms with Gasteiger partial charge < -0.3 is 5.73 Å². The molecule has 1 heterocycles. The van der Waals surface area contributed by atoms with Gasteiger partial charge in [0, 0.05) is 6.20 Å². The van der Waals surface area contributed by atoms with Crippen molar-refractivity contribution in [1.82, 2.24) is 0 Å².